The topological polar surface area (TPSA) is 72.2 Å². The third-order valence-electron chi connectivity index (χ3n) is 3.05. The largest absolute Gasteiger partial charge is 0.366 e. The second-order valence-corrected chi connectivity index (χ2v) is 5.63. The van der Waals surface area contributed by atoms with Crippen LogP contribution >= 0.6 is 15.9 Å². The number of rotatable bonds is 4. The lowest BCUT2D eigenvalue weighted by molar-refractivity contribution is -0.115. The molecule has 2 rings (SSSR count). The van der Waals surface area contributed by atoms with Crippen LogP contribution in [0.15, 0.2) is 46.9 Å². The fourth-order valence-electron chi connectivity index (χ4n) is 2.13. The van der Waals surface area contributed by atoms with Crippen LogP contribution in [-0.2, 0) is 11.2 Å². The van der Waals surface area contributed by atoms with E-state index >= 15 is 0 Å². The van der Waals surface area contributed by atoms with E-state index in [4.69, 9.17) is 5.73 Å². The third-order valence-corrected chi connectivity index (χ3v) is 3.54. The van der Waals surface area contributed by atoms with Gasteiger partial charge in [-0.25, -0.2) is 0 Å². The fraction of sp³-hybridized carbons (Fsp3) is 0.125. The first-order chi connectivity index (χ1) is 9.97. The molecule has 0 radical (unpaired) electrons. The highest BCUT2D eigenvalue weighted by Crippen LogP contribution is 2.19. The first kappa shape index (κ1) is 15.3. The van der Waals surface area contributed by atoms with Crippen molar-refractivity contribution in [3.63, 3.8) is 0 Å². The number of carbonyl (C=O) groups excluding carboxylic acids is 2. The Morgan fingerprint density at radius 2 is 1.90 bits per heavy atom. The Hall–Kier alpha value is -2.14. The lowest BCUT2D eigenvalue weighted by Crippen LogP contribution is -2.20. The molecule has 0 saturated heterocycles. The molecule has 0 aliphatic rings. The van der Waals surface area contributed by atoms with E-state index in [0.717, 1.165) is 15.6 Å². The molecule has 21 heavy (non-hydrogen) atoms. The highest BCUT2D eigenvalue weighted by atomic mass is 79.9. The number of primary amides is 1. The summed E-state index contributed by atoms with van der Waals surface area (Å²) in [4.78, 5) is 23.6. The molecule has 0 unspecified atom stereocenters. The van der Waals surface area contributed by atoms with Gasteiger partial charge >= 0.3 is 0 Å². The van der Waals surface area contributed by atoms with Gasteiger partial charge in [0.1, 0.15) is 0 Å². The molecule has 4 nitrogen and oxygen atoms in total. The number of benzene rings is 2. The molecule has 0 aliphatic heterocycles. The minimum atomic E-state index is -0.550. The molecule has 0 spiro atoms. The fourth-order valence-corrected chi connectivity index (χ4v) is 2.57. The van der Waals surface area contributed by atoms with Crippen molar-refractivity contribution in [2.75, 3.05) is 5.32 Å². The smallest absolute Gasteiger partial charge is 0.251 e. The summed E-state index contributed by atoms with van der Waals surface area (Å²) in [5.41, 5.74) is 7.78. The molecule has 3 N–H and O–H groups in total. The van der Waals surface area contributed by atoms with E-state index in [1.807, 2.05) is 24.3 Å². The molecule has 0 aliphatic carbocycles. The zero-order valence-corrected chi connectivity index (χ0v) is 13.1. The molecule has 108 valence electrons. The molecular formula is C16H15BrN2O2. The average Bonchev–Trinajstić information content (AvgIpc) is 2.37. The Morgan fingerprint density at radius 1 is 1.19 bits per heavy atom. The number of hydrogen-bond acceptors (Lipinski definition) is 2. The molecule has 0 saturated carbocycles. The van der Waals surface area contributed by atoms with Crippen LogP contribution in [0.2, 0.25) is 0 Å². The summed E-state index contributed by atoms with van der Waals surface area (Å²) >= 11 is 3.37. The van der Waals surface area contributed by atoms with Crippen LogP contribution in [0.25, 0.3) is 0 Å². The number of amides is 2. The first-order valence-electron chi connectivity index (χ1n) is 6.41. The summed E-state index contributed by atoms with van der Waals surface area (Å²) in [7, 11) is 0. The summed E-state index contributed by atoms with van der Waals surface area (Å²) in [5, 5.41) is 2.75. The van der Waals surface area contributed by atoms with E-state index in [1.165, 1.54) is 0 Å². The summed E-state index contributed by atoms with van der Waals surface area (Å²) in [6.45, 7) is 1.78. The Kier molecular flexibility index (Phi) is 4.75. The predicted octanol–water partition coefficient (Wildman–Crippen LogP) is 3.04. The minimum Gasteiger partial charge on any atom is -0.366 e. The molecule has 0 atom stereocenters. The molecule has 0 fully saturated rings. The molecule has 2 amide bonds. The quantitative estimate of drug-likeness (QED) is 0.892. The number of aryl methyl sites for hydroxylation is 1. The number of nitrogens with two attached hydrogens (primary N) is 1. The third kappa shape index (κ3) is 3.92. The molecule has 2 aromatic rings. The van der Waals surface area contributed by atoms with Crippen LogP contribution in [-0.4, -0.2) is 11.8 Å². The van der Waals surface area contributed by atoms with Crippen molar-refractivity contribution in [2.45, 2.75) is 13.3 Å². The minimum absolute atomic E-state index is 0.193. The maximum absolute atomic E-state index is 12.1. The maximum atomic E-state index is 12.1. The van der Waals surface area contributed by atoms with Crippen LogP contribution in [0.3, 0.4) is 0 Å². The summed E-state index contributed by atoms with van der Waals surface area (Å²) < 4.78 is 0.918. The Labute approximate surface area is 131 Å². The predicted molar refractivity (Wildman–Crippen MR) is 86.2 cm³/mol. The van der Waals surface area contributed by atoms with Crippen LogP contribution in [0.1, 0.15) is 21.5 Å². The molecule has 2 aromatic carbocycles. The van der Waals surface area contributed by atoms with Crippen LogP contribution in [0.4, 0.5) is 5.69 Å². The maximum Gasteiger partial charge on any atom is 0.251 e. The zero-order valence-electron chi connectivity index (χ0n) is 11.5. The van der Waals surface area contributed by atoms with Gasteiger partial charge < -0.3 is 11.1 Å². The number of anilines is 1. The number of halogens is 1. The van der Waals surface area contributed by atoms with E-state index in [2.05, 4.69) is 21.2 Å². The van der Waals surface area contributed by atoms with E-state index in [1.54, 1.807) is 25.1 Å². The van der Waals surface area contributed by atoms with Crippen molar-refractivity contribution in [3.8, 4) is 0 Å². The molecule has 0 heterocycles. The Balaban J connectivity index is 2.17. The van der Waals surface area contributed by atoms with Gasteiger partial charge in [0.15, 0.2) is 0 Å². The van der Waals surface area contributed by atoms with Gasteiger partial charge in [0.05, 0.1) is 17.7 Å². The summed E-state index contributed by atoms with van der Waals surface area (Å²) in [6.07, 6.45) is 0.228. The highest BCUT2D eigenvalue weighted by Gasteiger charge is 2.13. The Morgan fingerprint density at radius 3 is 2.57 bits per heavy atom. The molecule has 0 aromatic heterocycles. The lowest BCUT2D eigenvalue weighted by Gasteiger charge is -2.11. The van der Waals surface area contributed by atoms with Crippen LogP contribution in [0, 0.1) is 6.92 Å². The second-order valence-electron chi connectivity index (χ2n) is 4.72. The number of hydrogen-bond donors (Lipinski definition) is 2. The van der Waals surface area contributed by atoms with Gasteiger partial charge in [-0.05, 0) is 36.2 Å². The van der Waals surface area contributed by atoms with E-state index in [0.29, 0.717) is 11.3 Å². The van der Waals surface area contributed by atoms with E-state index in [9.17, 15) is 9.59 Å². The van der Waals surface area contributed by atoms with Gasteiger partial charge in [0.2, 0.25) is 5.91 Å². The molecular weight excluding hydrogens is 332 g/mol. The SMILES string of the molecule is Cc1cccc(NC(=O)Cc2cccc(Br)c2)c1C(N)=O. The van der Waals surface area contributed by atoms with Gasteiger partial charge in [0, 0.05) is 4.47 Å². The average molecular weight is 347 g/mol. The number of carbonyl (C=O) groups is 2. The molecule has 5 heteroatoms. The first-order valence-corrected chi connectivity index (χ1v) is 7.20. The lowest BCUT2D eigenvalue weighted by atomic mass is 10.1. The standard InChI is InChI=1S/C16H15BrN2O2/c1-10-4-2-7-13(15(10)16(18)21)19-14(20)9-11-5-3-6-12(17)8-11/h2-8H,9H2,1H3,(H2,18,21)(H,19,20). The van der Waals surface area contributed by atoms with Crippen molar-refractivity contribution < 1.29 is 9.59 Å². The van der Waals surface area contributed by atoms with Gasteiger partial charge in [-0.15, -0.1) is 0 Å². The molecule has 0 bridgehead atoms. The van der Waals surface area contributed by atoms with Crippen molar-refractivity contribution in [3.05, 3.63) is 63.6 Å². The van der Waals surface area contributed by atoms with Crippen molar-refractivity contribution in [2.24, 2.45) is 5.73 Å². The van der Waals surface area contributed by atoms with Crippen molar-refractivity contribution in [1.29, 1.82) is 0 Å². The van der Waals surface area contributed by atoms with Gasteiger partial charge in [-0.2, -0.15) is 0 Å². The van der Waals surface area contributed by atoms with Gasteiger partial charge in [0.25, 0.3) is 5.91 Å². The number of nitrogens with one attached hydrogen (secondary N) is 1. The monoisotopic (exact) mass is 346 g/mol. The summed E-state index contributed by atoms with van der Waals surface area (Å²) in [5.74, 6) is -0.743. The van der Waals surface area contributed by atoms with E-state index in [-0.39, 0.29) is 12.3 Å². The van der Waals surface area contributed by atoms with Crippen LogP contribution < -0.4 is 11.1 Å². The van der Waals surface area contributed by atoms with Gasteiger partial charge in [-0.3, -0.25) is 9.59 Å². The second kappa shape index (κ2) is 6.54. The summed E-state index contributed by atoms with van der Waals surface area (Å²) in [6, 6.07) is 12.7. The van der Waals surface area contributed by atoms with Crippen molar-refractivity contribution >= 4 is 33.4 Å². The van der Waals surface area contributed by atoms with Crippen molar-refractivity contribution in [1.82, 2.24) is 0 Å². The highest BCUT2D eigenvalue weighted by molar-refractivity contribution is 9.10. The van der Waals surface area contributed by atoms with E-state index < -0.39 is 5.91 Å². The van der Waals surface area contributed by atoms with Crippen LogP contribution in [0.5, 0.6) is 0 Å². The Bertz CT molecular complexity index is 698. The zero-order chi connectivity index (χ0) is 15.4. The normalized spacial score (nSPS) is 10.2. The van der Waals surface area contributed by atoms with Gasteiger partial charge in [-0.1, -0.05) is 40.2 Å².